The van der Waals surface area contributed by atoms with Gasteiger partial charge in [0.25, 0.3) is 0 Å². The fraction of sp³-hybridized carbons (Fsp3) is 0.545. The highest BCUT2D eigenvalue weighted by atomic mass is 16.5. The van der Waals surface area contributed by atoms with Crippen molar-refractivity contribution in [1.82, 2.24) is 15.4 Å². The molecule has 15 heavy (non-hydrogen) atoms. The van der Waals surface area contributed by atoms with Gasteiger partial charge in [-0.05, 0) is 13.6 Å². The van der Waals surface area contributed by atoms with E-state index in [0.717, 1.165) is 24.5 Å². The third-order valence-electron chi connectivity index (χ3n) is 1.95. The zero-order valence-corrected chi connectivity index (χ0v) is 9.29. The number of nitrogens with one attached hydrogen (secondary N) is 1. The topological polar surface area (TPSA) is 41.3 Å². The van der Waals surface area contributed by atoms with E-state index in [1.165, 1.54) is 0 Å². The highest BCUT2D eigenvalue weighted by Crippen LogP contribution is 2.05. The van der Waals surface area contributed by atoms with Crippen molar-refractivity contribution in [3.63, 3.8) is 0 Å². The molecule has 1 aromatic rings. The Morgan fingerprint density at radius 3 is 3.13 bits per heavy atom. The average molecular weight is 207 g/mol. The Hall–Kier alpha value is -1.31. The van der Waals surface area contributed by atoms with Crippen LogP contribution in [-0.4, -0.2) is 30.2 Å². The van der Waals surface area contributed by atoms with Gasteiger partial charge in [0.1, 0.15) is 0 Å². The fourth-order valence-electron chi connectivity index (χ4n) is 1.24. The van der Waals surface area contributed by atoms with E-state index in [1.807, 2.05) is 18.0 Å². The molecular formula is C11H17N3O. The van der Waals surface area contributed by atoms with E-state index in [9.17, 15) is 0 Å². The maximum Gasteiger partial charge on any atom is 0.151 e. The summed E-state index contributed by atoms with van der Waals surface area (Å²) in [7, 11) is 1.95. The predicted molar refractivity (Wildman–Crippen MR) is 59.1 cm³/mol. The molecule has 4 nitrogen and oxygen atoms in total. The summed E-state index contributed by atoms with van der Waals surface area (Å²) < 4.78 is 5.18. The van der Waals surface area contributed by atoms with Crippen LogP contribution in [0.1, 0.15) is 18.4 Å². The van der Waals surface area contributed by atoms with Crippen molar-refractivity contribution in [3.05, 3.63) is 17.5 Å². The molecule has 0 fully saturated rings. The molecule has 0 radical (unpaired) electrons. The minimum atomic E-state index is 0.614. The number of terminal acetylenes is 1. The zero-order valence-electron chi connectivity index (χ0n) is 9.29. The first-order valence-electron chi connectivity index (χ1n) is 5.03. The fourth-order valence-corrected chi connectivity index (χ4v) is 1.24. The van der Waals surface area contributed by atoms with Crippen molar-refractivity contribution < 1.29 is 4.52 Å². The van der Waals surface area contributed by atoms with Crippen molar-refractivity contribution >= 4 is 0 Å². The van der Waals surface area contributed by atoms with E-state index in [-0.39, 0.29) is 0 Å². The van der Waals surface area contributed by atoms with Crippen LogP contribution in [0.25, 0.3) is 0 Å². The number of hydrogen-bond acceptors (Lipinski definition) is 4. The van der Waals surface area contributed by atoms with Gasteiger partial charge in [-0.2, -0.15) is 0 Å². The average Bonchev–Trinajstić information content (AvgIpc) is 2.63. The van der Waals surface area contributed by atoms with Crippen molar-refractivity contribution in [2.75, 3.05) is 20.1 Å². The lowest BCUT2D eigenvalue weighted by atomic mass is 10.3. The molecule has 1 rings (SSSR count). The SMILES string of the molecule is C#CCN(C)Cc1cc(CNCC)no1. The summed E-state index contributed by atoms with van der Waals surface area (Å²) in [5, 5.41) is 7.14. The second-order valence-electron chi connectivity index (χ2n) is 3.44. The Morgan fingerprint density at radius 1 is 1.67 bits per heavy atom. The number of nitrogens with zero attached hydrogens (tertiary/aromatic N) is 2. The Kier molecular flexibility index (Phi) is 4.88. The highest BCUT2D eigenvalue weighted by molar-refractivity contribution is 5.05. The maximum atomic E-state index is 5.21. The summed E-state index contributed by atoms with van der Waals surface area (Å²) in [6, 6.07) is 1.95. The molecule has 0 unspecified atom stereocenters. The van der Waals surface area contributed by atoms with Crippen LogP contribution in [0.4, 0.5) is 0 Å². The largest absolute Gasteiger partial charge is 0.360 e. The molecule has 0 saturated carbocycles. The predicted octanol–water partition coefficient (Wildman–Crippen LogP) is 0.849. The number of hydrogen-bond donors (Lipinski definition) is 1. The van der Waals surface area contributed by atoms with Gasteiger partial charge in [0.05, 0.1) is 18.8 Å². The highest BCUT2D eigenvalue weighted by Gasteiger charge is 2.05. The first-order valence-corrected chi connectivity index (χ1v) is 5.03. The molecule has 82 valence electrons. The molecule has 4 heteroatoms. The standard InChI is InChI=1S/C11H17N3O/c1-4-6-14(3)9-11-7-10(13-15-11)8-12-5-2/h1,7,12H,5-6,8-9H2,2-3H3. The molecule has 0 atom stereocenters. The second-order valence-corrected chi connectivity index (χ2v) is 3.44. The van der Waals surface area contributed by atoms with E-state index in [4.69, 9.17) is 10.9 Å². The normalized spacial score (nSPS) is 10.5. The molecule has 0 aliphatic heterocycles. The third-order valence-corrected chi connectivity index (χ3v) is 1.95. The summed E-state index contributed by atoms with van der Waals surface area (Å²) in [5.74, 6) is 3.43. The lowest BCUT2D eigenvalue weighted by Crippen LogP contribution is -2.17. The van der Waals surface area contributed by atoms with E-state index < -0.39 is 0 Å². The minimum absolute atomic E-state index is 0.614. The second kappa shape index (κ2) is 6.23. The molecule has 0 aliphatic carbocycles. The number of aromatic nitrogens is 1. The summed E-state index contributed by atoms with van der Waals surface area (Å²) in [5.41, 5.74) is 0.931. The molecule has 1 aromatic heterocycles. The lowest BCUT2D eigenvalue weighted by molar-refractivity contribution is 0.293. The molecule has 0 saturated heterocycles. The van der Waals surface area contributed by atoms with Gasteiger partial charge in [0.2, 0.25) is 0 Å². The van der Waals surface area contributed by atoms with Crippen LogP contribution in [-0.2, 0) is 13.1 Å². The first kappa shape index (κ1) is 11.8. The van der Waals surface area contributed by atoms with Gasteiger partial charge >= 0.3 is 0 Å². The van der Waals surface area contributed by atoms with Crippen LogP contribution in [0.15, 0.2) is 10.6 Å². The van der Waals surface area contributed by atoms with Crippen LogP contribution in [0.2, 0.25) is 0 Å². The molecule has 0 amide bonds. The van der Waals surface area contributed by atoms with Crippen molar-refractivity contribution in [1.29, 1.82) is 0 Å². The van der Waals surface area contributed by atoms with Crippen LogP contribution < -0.4 is 5.32 Å². The van der Waals surface area contributed by atoms with E-state index in [1.54, 1.807) is 0 Å². The third kappa shape index (κ3) is 4.15. The molecule has 0 aromatic carbocycles. The van der Waals surface area contributed by atoms with Gasteiger partial charge in [0, 0.05) is 12.6 Å². The molecule has 1 heterocycles. The van der Waals surface area contributed by atoms with Gasteiger partial charge in [-0.15, -0.1) is 6.42 Å². The summed E-state index contributed by atoms with van der Waals surface area (Å²) in [6.07, 6.45) is 5.21. The van der Waals surface area contributed by atoms with Crippen LogP contribution in [0.3, 0.4) is 0 Å². The zero-order chi connectivity index (χ0) is 11.1. The monoisotopic (exact) mass is 207 g/mol. The summed E-state index contributed by atoms with van der Waals surface area (Å²) >= 11 is 0. The van der Waals surface area contributed by atoms with E-state index in [0.29, 0.717) is 13.1 Å². The molecule has 0 spiro atoms. The summed E-state index contributed by atoms with van der Waals surface area (Å²) in [4.78, 5) is 2.00. The molecular weight excluding hydrogens is 190 g/mol. The lowest BCUT2D eigenvalue weighted by Gasteiger charge is -2.09. The Bertz CT molecular complexity index is 327. The van der Waals surface area contributed by atoms with Gasteiger partial charge in [-0.25, -0.2) is 0 Å². The number of rotatable bonds is 6. The minimum Gasteiger partial charge on any atom is -0.360 e. The van der Waals surface area contributed by atoms with Crippen molar-refractivity contribution in [2.45, 2.75) is 20.0 Å². The Labute approximate surface area is 90.6 Å². The van der Waals surface area contributed by atoms with Gasteiger partial charge in [-0.3, -0.25) is 4.90 Å². The molecule has 0 bridgehead atoms. The van der Waals surface area contributed by atoms with Gasteiger partial charge in [-0.1, -0.05) is 18.0 Å². The van der Waals surface area contributed by atoms with E-state index in [2.05, 4.69) is 23.3 Å². The summed E-state index contributed by atoms with van der Waals surface area (Å²) in [6.45, 7) is 5.05. The van der Waals surface area contributed by atoms with Crippen molar-refractivity contribution in [3.8, 4) is 12.3 Å². The molecule has 1 N–H and O–H groups in total. The maximum absolute atomic E-state index is 5.21. The van der Waals surface area contributed by atoms with Gasteiger partial charge < -0.3 is 9.84 Å². The van der Waals surface area contributed by atoms with Crippen LogP contribution >= 0.6 is 0 Å². The Balaban J connectivity index is 2.42. The van der Waals surface area contributed by atoms with Crippen LogP contribution in [0, 0.1) is 12.3 Å². The molecule has 0 aliphatic rings. The van der Waals surface area contributed by atoms with Crippen LogP contribution in [0.5, 0.6) is 0 Å². The quantitative estimate of drug-likeness (QED) is 0.702. The van der Waals surface area contributed by atoms with Gasteiger partial charge in [0.15, 0.2) is 5.76 Å². The van der Waals surface area contributed by atoms with Crippen molar-refractivity contribution in [2.24, 2.45) is 0 Å². The smallest absolute Gasteiger partial charge is 0.151 e. The Morgan fingerprint density at radius 2 is 2.47 bits per heavy atom. The van der Waals surface area contributed by atoms with E-state index >= 15 is 0 Å². The first-order chi connectivity index (χ1) is 7.26.